The number of allylic oxidation sites excluding steroid dienone is 3. The highest BCUT2D eigenvalue weighted by Crippen LogP contribution is 2.49. The summed E-state index contributed by atoms with van der Waals surface area (Å²) in [5, 5.41) is 5.42. The minimum atomic E-state index is -0.966. The van der Waals surface area contributed by atoms with E-state index >= 15 is 0 Å². The van der Waals surface area contributed by atoms with Gasteiger partial charge in [-0.25, -0.2) is 4.79 Å². The minimum absolute atomic E-state index is 0.194. The second-order valence-electron chi connectivity index (χ2n) is 9.09. The molecule has 1 aromatic heterocycles. The van der Waals surface area contributed by atoms with Crippen LogP contribution in [0.4, 0.5) is 0 Å². The summed E-state index contributed by atoms with van der Waals surface area (Å²) < 4.78 is 10.9. The number of rotatable bonds is 8. The largest absolute Gasteiger partial charge is 0.465 e. The fourth-order valence-corrected chi connectivity index (χ4v) is 6.20. The molecule has 3 unspecified atom stereocenters. The lowest BCUT2D eigenvalue weighted by Crippen LogP contribution is -2.43. The Bertz CT molecular complexity index is 1210. The van der Waals surface area contributed by atoms with E-state index in [1.807, 2.05) is 48.7 Å². The van der Waals surface area contributed by atoms with Gasteiger partial charge in [0.2, 0.25) is 0 Å². The Morgan fingerprint density at radius 1 is 1.06 bits per heavy atom. The summed E-state index contributed by atoms with van der Waals surface area (Å²) in [6, 6.07) is 11.7. The lowest BCUT2D eigenvalue weighted by Gasteiger charge is -2.40. The molecule has 0 saturated carbocycles. The number of hydrogen-bond donors (Lipinski definition) is 1. The van der Waals surface area contributed by atoms with Gasteiger partial charge in [0.15, 0.2) is 5.78 Å². The van der Waals surface area contributed by atoms with Gasteiger partial charge in [0.1, 0.15) is 5.92 Å². The molecule has 2 heterocycles. The zero-order chi connectivity index (χ0) is 25.8. The molecule has 0 bridgehead atoms. The van der Waals surface area contributed by atoms with E-state index in [4.69, 9.17) is 9.47 Å². The van der Waals surface area contributed by atoms with E-state index in [2.05, 4.69) is 12.2 Å². The van der Waals surface area contributed by atoms with Crippen molar-refractivity contribution >= 4 is 29.1 Å². The number of thiophene rings is 1. The zero-order valence-corrected chi connectivity index (χ0v) is 22.1. The van der Waals surface area contributed by atoms with Crippen LogP contribution < -0.4 is 5.32 Å². The van der Waals surface area contributed by atoms with Crippen molar-refractivity contribution in [1.82, 2.24) is 5.32 Å². The van der Waals surface area contributed by atoms with Gasteiger partial charge in [-0.15, -0.1) is 11.3 Å². The van der Waals surface area contributed by atoms with E-state index < -0.39 is 23.8 Å². The highest BCUT2D eigenvalue weighted by Gasteiger charge is 2.49. The second-order valence-corrected chi connectivity index (χ2v) is 10.1. The third-order valence-electron chi connectivity index (χ3n) is 6.85. The summed E-state index contributed by atoms with van der Waals surface area (Å²) >= 11 is 1.54. The Hall–Kier alpha value is -3.19. The fraction of sp³-hybridized carbons (Fsp3) is 0.414. The van der Waals surface area contributed by atoms with Crippen LogP contribution in [0.1, 0.15) is 67.9 Å². The Morgan fingerprint density at radius 2 is 1.81 bits per heavy atom. The van der Waals surface area contributed by atoms with Crippen LogP contribution in [0.5, 0.6) is 0 Å². The zero-order valence-electron chi connectivity index (χ0n) is 21.3. The molecule has 7 heteroatoms. The number of Topliss-reactive ketones (excluding diaryl/α,β-unsaturated/α-hetero) is 1. The van der Waals surface area contributed by atoms with E-state index in [0.717, 1.165) is 33.8 Å². The monoisotopic (exact) mass is 507 g/mol. The second kappa shape index (κ2) is 11.2. The summed E-state index contributed by atoms with van der Waals surface area (Å²) in [6.07, 6.45) is 1.95. The molecule has 1 aliphatic carbocycles. The maximum absolute atomic E-state index is 14.3. The first-order valence-electron chi connectivity index (χ1n) is 12.6. The van der Waals surface area contributed by atoms with Crippen molar-refractivity contribution in [2.45, 2.75) is 58.8 Å². The molecule has 1 N–H and O–H groups in total. The van der Waals surface area contributed by atoms with E-state index in [-0.39, 0.29) is 24.9 Å². The molecule has 36 heavy (non-hydrogen) atoms. The number of hydrogen-bond acceptors (Lipinski definition) is 7. The summed E-state index contributed by atoms with van der Waals surface area (Å²) in [4.78, 5) is 41.9. The third-order valence-corrected chi connectivity index (χ3v) is 7.85. The number of carbonyl (C=O) groups excluding carboxylic acids is 3. The van der Waals surface area contributed by atoms with E-state index in [0.29, 0.717) is 24.0 Å². The normalized spacial score (nSPS) is 21.7. The number of ketones is 1. The Kier molecular flexibility index (Phi) is 8.09. The van der Waals surface area contributed by atoms with Crippen LogP contribution >= 0.6 is 11.3 Å². The van der Waals surface area contributed by atoms with Gasteiger partial charge in [0.25, 0.3) is 0 Å². The van der Waals surface area contributed by atoms with Crippen molar-refractivity contribution in [2.24, 2.45) is 5.92 Å². The first-order valence-corrected chi connectivity index (χ1v) is 13.5. The lowest BCUT2D eigenvalue weighted by molar-refractivity contribution is -0.152. The molecular weight excluding hydrogens is 474 g/mol. The molecule has 0 spiro atoms. The third kappa shape index (κ3) is 4.76. The Morgan fingerprint density at radius 3 is 2.44 bits per heavy atom. The van der Waals surface area contributed by atoms with E-state index in [1.165, 1.54) is 11.3 Å². The van der Waals surface area contributed by atoms with Crippen molar-refractivity contribution in [2.75, 3.05) is 13.2 Å². The number of aryl methyl sites for hydroxylation is 1. The summed E-state index contributed by atoms with van der Waals surface area (Å²) in [6.45, 7) is 7.97. The van der Waals surface area contributed by atoms with Crippen LogP contribution in [0, 0.1) is 12.8 Å². The smallest absolute Gasteiger partial charge is 0.336 e. The molecule has 0 radical (unpaired) electrons. The molecular formula is C29H33NO5S. The minimum Gasteiger partial charge on any atom is -0.465 e. The molecule has 1 aliphatic heterocycles. The first-order chi connectivity index (χ1) is 17.4. The molecule has 3 atom stereocenters. The average Bonchev–Trinajstić information content (AvgIpc) is 3.39. The highest BCUT2D eigenvalue weighted by atomic mass is 32.1. The summed E-state index contributed by atoms with van der Waals surface area (Å²) in [5.41, 5.74) is 4.33. The van der Waals surface area contributed by atoms with E-state index in [9.17, 15) is 14.4 Å². The molecule has 0 saturated heterocycles. The number of nitrogens with one attached hydrogen (secondary N) is 1. The maximum Gasteiger partial charge on any atom is 0.336 e. The number of dihydropyridines is 1. The number of benzene rings is 1. The van der Waals surface area contributed by atoms with Crippen molar-refractivity contribution in [3.63, 3.8) is 0 Å². The van der Waals surface area contributed by atoms with Crippen LogP contribution in [0.15, 0.2) is 64.3 Å². The van der Waals surface area contributed by atoms with Crippen LogP contribution in [0.3, 0.4) is 0 Å². The van der Waals surface area contributed by atoms with Crippen molar-refractivity contribution in [3.05, 3.63) is 80.3 Å². The Balaban J connectivity index is 1.94. The van der Waals surface area contributed by atoms with Gasteiger partial charge in [-0.2, -0.15) is 0 Å². The molecule has 2 aliphatic rings. The lowest BCUT2D eigenvalue weighted by atomic mass is 9.67. The highest BCUT2D eigenvalue weighted by molar-refractivity contribution is 7.10. The standard InChI is InChI=1S/C29H33NO5S/c1-5-11-20-26(29(33)35-7-3)23(18-13-9-8-12-17(18)4)25-21(30-20)16-19(22-14-10-15-36-22)24(27(25)31)28(32)34-6-2/h8-10,12-15,19,23-24,30H,5-7,11,16H2,1-4H3. The summed E-state index contributed by atoms with van der Waals surface area (Å²) in [5.74, 6) is -3.15. The molecule has 6 nitrogen and oxygen atoms in total. The molecule has 2 aromatic rings. The Labute approximate surface area is 216 Å². The number of ether oxygens (including phenoxy) is 2. The predicted molar refractivity (Wildman–Crippen MR) is 139 cm³/mol. The first kappa shape index (κ1) is 25.9. The van der Waals surface area contributed by atoms with Crippen molar-refractivity contribution < 1.29 is 23.9 Å². The van der Waals surface area contributed by atoms with Crippen LogP contribution in [0.2, 0.25) is 0 Å². The van der Waals surface area contributed by atoms with Crippen molar-refractivity contribution in [1.29, 1.82) is 0 Å². The van der Waals surface area contributed by atoms with Crippen LogP contribution in [-0.4, -0.2) is 30.9 Å². The van der Waals surface area contributed by atoms with Gasteiger partial charge in [-0.05, 0) is 56.2 Å². The van der Waals surface area contributed by atoms with Crippen LogP contribution in [-0.2, 0) is 23.9 Å². The number of carbonyl (C=O) groups is 3. The molecule has 1 aromatic carbocycles. The van der Waals surface area contributed by atoms with Gasteiger partial charge in [0.05, 0.1) is 18.8 Å². The van der Waals surface area contributed by atoms with Gasteiger partial charge < -0.3 is 14.8 Å². The van der Waals surface area contributed by atoms with E-state index in [1.54, 1.807) is 13.8 Å². The van der Waals surface area contributed by atoms with Gasteiger partial charge >= 0.3 is 11.9 Å². The maximum atomic E-state index is 14.3. The predicted octanol–water partition coefficient (Wildman–Crippen LogP) is 5.55. The number of esters is 2. The average molecular weight is 508 g/mol. The summed E-state index contributed by atoms with van der Waals surface area (Å²) in [7, 11) is 0. The van der Waals surface area contributed by atoms with Crippen molar-refractivity contribution in [3.8, 4) is 0 Å². The topological polar surface area (TPSA) is 81.7 Å². The fourth-order valence-electron chi connectivity index (χ4n) is 5.34. The van der Waals surface area contributed by atoms with Gasteiger partial charge in [0, 0.05) is 33.7 Å². The van der Waals surface area contributed by atoms with Gasteiger partial charge in [-0.3, -0.25) is 9.59 Å². The SMILES string of the molecule is CCCC1=C(C(=O)OCC)C(c2ccccc2C)C2=C(CC(c3cccs3)C(C(=O)OCC)C2=O)N1. The quantitative estimate of drug-likeness (QED) is 0.373. The molecule has 4 rings (SSSR count). The van der Waals surface area contributed by atoms with Gasteiger partial charge in [-0.1, -0.05) is 43.7 Å². The van der Waals surface area contributed by atoms with Crippen LogP contribution in [0.25, 0.3) is 0 Å². The molecule has 0 amide bonds. The molecule has 0 fully saturated rings. The molecule has 190 valence electrons.